The maximum Gasteiger partial charge on any atom is 0.417 e. The van der Waals surface area contributed by atoms with E-state index in [2.05, 4.69) is 9.98 Å². The highest BCUT2D eigenvalue weighted by atomic mass is 35.5. The zero-order valence-corrected chi connectivity index (χ0v) is 18.0. The number of rotatable bonds is 7. The number of alkyl halides is 3. The number of halogens is 6. The molecule has 0 saturated carbocycles. The molecule has 3 aromatic rings. The maximum atomic E-state index is 13.9. The first kappa shape index (κ1) is 23.7. The second-order valence-corrected chi connectivity index (χ2v) is 7.62. The van der Waals surface area contributed by atoms with Crippen LogP contribution in [-0.4, -0.2) is 30.1 Å². The van der Waals surface area contributed by atoms with E-state index in [1.807, 2.05) is 0 Å². The fourth-order valence-electron chi connectivity index (χ4n) is 3.09. The van der Waals surface area contributed by atoms with Crippen molar-refractivity contribution in [3.63, 3.8) is 0 Å². The summed E-state index contributed by atoms with van der Waals surface area (Å²) >= 11 is 5.84. The van der Waals surface area contributed by atoms with Gasteiger partial charge >= 0.3 is 6.18 Å². The van der Waals surface area contributed by atoms with Gasteiger partial charge in [-0.2, -0.15) is 13.2 Å². The van der Waals surface area contributed by atoms with E-state index >= 15 is 0 Å². The van der Waals surface area contributed by atoms with Gasteiger partial charge < -0.3 is 14.2 Å². The van der Waals surface area contributed by atoms with Crippen LogP contribution in [0.3, 0.4) is 0 Å². The van der Waals surface area contributed by atoms with Gasteiger partial charge in [-0.3, -0.25) is 0 Å². The van der Waals surface area contributed by atoms with Crippen molar-refractivity contribution in [2.75, 3.05) is 13.2 Å². The van der Waals surface area contributed by atoms with Crippen LogP contribution < -0.4 is 9.47 Å². The van der Waals surface area contributed by atoms with Crippen LogP contribution in [0.15, 0.2) is 59.7 Å². The highest BCUT2D eigenvalue weighted by Crippen LogP contribution is 2.35. The molecule has 0 fully saturated rings. The summed E-state index contributed by atoms with van der Waals surface area (Å²) in [6, 6.07) is 10.2. The second kappa shape index (κ2) is 9.84. The lowest BCUT2D eigenvalue weighted by molar-refractivity contribution is -0.137. The number of nitrogens with zero attached hydrogens (tertiary/aromatic N) is 2. The third kappa shape index (κ3) is 5.56. The van der Waals surface area contributed by atoms with E-state index in [0.717, 1.165) is 18.2 Å². The number of pyridine rings is 1. The first-order valence-corrected chi connectivity index (χ1v) is 10.4. The van der Waals surface area contributed by atoms with E-state index in [4.69, 9.17) is 25.8 Å². The summed E-state index contributed by atoms with van der Waals surface area (Å²) in [5.74, 6) is -0.924. The van der Waals surface area contributed by atoms with Crippen molar-refractivity contribution < 1.29 is 36.2 Å². The summed E-state index contributed by atoms with van der Waals surface area (Å²) < 4.78 is 82.3. The number of hydrogen-bond donors (Lipinski definition) is 0. The average Bonchev–Trinajstić information content (AvgIpc) is 3.24. The molecule has 4 rings (SSSR count). The molecule has 0 spiro atoms. The molecule has 0 bridgehead atoms. The molecule has 1 aromatic heterocycles. The number of ether oxygens (including phenoxy) is 3. The lowest BCUT2D eigenvalue weighted by atomic mass is 10.2. The van der Waals surface area contributed by atoms with E-state index in [9.17, 15) is 22.0 Å². The molecule has 178 valence electrons. The van der Waals surface area contributed by atoms with Gasteiger partial charge in [-0.1, -0.05) is 17.7 Å². The van der Waals surface area contributed by atoms with Crippen molar-refractivity contribution >= 4 is 17.5 Å². The van der Waals surface area contributed by atoms with Crippen LogP contribution in [0.25, 0.3) is 0 Å². The van der Waals surface area contributed by atoms with Gasteiger partial charge in [0.25, 0.3) is 0 Å². The van der Waals surface area contributed by atoms with Gasteiger partial charge in [0, 0.05) is 12.6 Å². The predicted molar refractivity (Wildman–Crippen MR) is 114 cm³/mol. The van der Waals surface area contributed by atoms with Crippen LogP contribution in [0.4, 0.5) is 22.0 Å². The van der Waals surface area contributed by atoms with Crippen LogP contribution in [0, 0.1) is 11.6 Å². The fraction of sp³-hybridized carbons (Fsp3) is 0.217. The Kier molecular flexibility index (Phi) is 6.87. The Morgan fingerprint density at radius 1 is 1.03 bits per heavy atom. The molecule has 0 radical (unpaired) electrons. The third-order valence-corrected chi connectivity index (χ3v) is 5.05. The normalized spacial score (nSPS) is 15.6. The van der Waals surface area contributed by atoms with E-state index in [0.29, 0.717) is 24.1 Å². The molecule has 0 saturated heterocycles. The minimum Gasteiger partial charge on any atom is -0.494 e. The number of aromatic nitrogens is 1. The first-order chi connectivity index (χ1) is 16.2. The molecule has 0 amide bonds. The van der Waals surface area contributed by atoms with Gasteiger partial charge in [0.2, 0.25) is 11.8 Å². The third-order valence-electron chi connectivity index (χ3n) is 4.78. The molecule has 34 heavy (non-hydrogen) atoms. The Labute approximate surface area is 195 Å². The maximum absolute atomic E-state index is 13.9. The Hall–Kier alpha value is -3.40. The Bertz CT molecular complexity index is 1180. The quantitative estimate of drug-likeness (QED) is 0.352. The van der Waals surface area contributed by atoms with Crippen molar-refractivity contribution in [1.29, 1.82) is 0 Å². The summed E-state index contributed by atoms with van der Waals surface area (Å²) in [6.45, 7) is 0.442. The molecule has 11 heteroatoms. The summed E-state index contributed by atoms with van der Waals surface area (Å²) in [5, 5.41) is -0.274. The Morgan fingerprint density at radius 3 is 2.35 bits per heavy atom. The number of hydrogen-bond acceptors (Lipinski definition) is 5. The van der Waals surface area contributed by atoms with E-state index in [1.54, 1.807) is 24.3 Å². The first-order valence-electron chi connectivity index (χ1n) is 9.99. The van der Waals surface area contributed by atoms with E-state index < -0.39 is 23.4 Å². The highest BCUT2D eigenvalue weighted by Gasteiger charge is 2.32. The minimum absolute atomic E-state index is 0.0716. The monoisotopic (exact) mass is 498 g/mol. The standard InChI is InChI=1S/C23H16ClF5N2O3/c24-17-10-13(23(27,28)29)11-30-21(17)34-16-6-4-15(5-7-16)32-9-8-14-12-33-22(31-14)20-18(25)2-1-3-19(20)26/h1-7,10-11,14H,8-9,12H2. The number of benzene rings is 2. The van der Waals surface area contributed by atoms with Crippen LogP contribution in [0.2, 0.25) is 5.02 Å². The smallest absolute Gasteiger partial charge is 0.417 e. The van der Waals surface area contributed by atoms with Crippen molar-refractivity contribution in [3.05, 3.63) is 82.5 Å². The lowest BCUT2D eigenvalue weighted by Crippen LogP contribution is -2.11. The highest BCUT2D eigenvalue weighted by molar-refractivity contribution is 6.31. The average molecular weight is 499 g/mol. The van der Waals surface area contributed by atoms with Gasteiger partial charge in [-0.05, 0) is 42.5 Å². The van der Waals surface area contributed by atoms with Crippen LogP contribution in [-0.2, 0) is 10.9 Å². The second-order valence-electron chi connectivity index (χ2n) is 7.22. The number of aliphatic imine (C=N–C) groups is 1. The van der Waals surface area contributed by atoms with Crippen molar-refractivity contribution in [2.24, 2.45) is 4.99 Å². The van der Waals surface area contributed by atoms with Gasteiger partial charge in [0.05, 0.1) is 18.2 Å². The molecule has 2 aromatic carbocycles. The topological polar surface area (TPSA) is 52.9 Å². The van der Waals surface area contributed by atoms with Crippen molar-refractivity contribution in [2.45, 2.75) is 18.6 Å². The zero-order valence-electron chi connectivity index (χ0n) is 17.3. The molecule has 0 aliphatic carbocycles. The van der Waals surface area contributed by atoms with Crippen LogP contribution in [0.5, 0.6) is 17.4 Å². The molecule has 5 nitrogen and oxygen atoms in total. The molecule has 1 aliphatic rings. The molecule has 0 N–H and O–H groups in total. The van der Waals surface area contributed by atoms with Gasteiger partial charge in [0.1, 0.15) is 40.3 Å². The van der Waals surface area contributed by atoms with Crippen LogP contribution >= 0.6 is 11.6 Å². The van der Waals surface area contributed by atoms with Crippen molar-refractivity contribution in [3.8, 4) is 17.4 Å². The van der Waals surface area contributed by atoms with Crippen LogP contribution in [0.1, 0.15) is 17.5 Å². The Morgan fingerprint density at radius 2 is 1.71 bits per heavy atom. The van der Waals surface area contributed by atoms with Gasteiger partial charge in [-0.15, -0.1) is 0 Å². The minimum atomic E-state index is -4.56. The van der Waals surface area contributed by atoms with Gasteiger partial charge in [-0.25, -0.2) is 18.8 Å². The molecule has 1 atom stereocenters. The molecule has 1 unspecified atom stereocenters. The van der Waals surface area contributed by atoms with Gasteiger partial charge in [0.15, 0.2) is 0 Å². The molecular weight excluding hydrogens is 483 g/mol. The lowest BCUT2D eigenvalue weighted by Gasteiger charge is -2.11. The zero-order chi connectivity index (χ0) is 24.3. The summed E-state index contributed by atoms with van der Waals surface area (Å²) in [5.41, 5.74) is -1.26. The predicted octanol–water partition coefficient (Wildman–Crippen LogP) is 6.44. The SMILES string of the molecule is Fc1cccc(F)c1C1=NC(CCOc2ccc(Oc3ncc(C(F)(F)F)cc3Cl)cc2)CO1. The molecule has 1 aliphatic heterocycles. The summed E-state index contributed by atoms with van der Waals surface area (Å²) in [4.78, 5) is 7.84. The van der Waals surface area contributed by atoms with E-state index in [1.165, 1.54) is 6.07 Å². The van der Waals surface area contributed by atoms with E-state index in [-0.39, 0.29) is 41.6 Å². The fourth-order valence-corrected chi connectivity index (χ4v) is 3.29. The molecular formula is C23H16ClF5N2O3. The Balaban J connectivity index is 1.30. The largest absolute Gasteiger partial charge is 0.494 e. The van der Waals surface area contributed by atoms with Crippen molar-refractivity contribution in [1.82, 2.24) is 4.98 Å². The molecule has 2 heterocycles. The summed E-state index contributed by atoms with van der Waals surface area (Å²) in [7, 11) is 0. The summed E-state index contributed by atoms with van der Waals surface area (Å²) in [6.07, 6.45) is -3.47.